The molecule has 0 amide bonds. The molecule has 0 aliphatic rings. The van der Waals surface area contributed by atoms with Gasteiger partial charge in [-0.25, -0.2) is 0 Å². The van der Waals surface area contributed by atoms with E-state index >= 15 is 0 Å². The number of hydrogen-bond acceptors (Lipinski definition) is 2. The van der Waals surface area contributed by atoms with E-state index in [-0.39, 0.29) is 0 Å². The molecule has 1 N–H and O–H groups in total. The van der Waals surface area contributed by atoms with Gasteiger partial charge in [0.05, 0.1) is 16.4 Å². The monoisotopic (exact) mass is 271 g/mol. The molecule has 0 bridgehead atoms. The summed E-state index contributed by atoms with van der Waals surface area (Å²) < 4.78 is 1.98. The van der Waals surface area contributed by atoms with Crippen molar-refractivity contribution in [2.75, 3.05) is 6.54 Å². The van der Waals surface area contributed by atoms with E-state index in [1.807, 2.05) is 11.6 Å². The van der Waals surface area contributed by atoms with Crippen molar-refractivity contribution < 1.29 is 0 Å². The molecule has 0 saturated carbocycles. The van der Waals surface area contributed by atoms with Crippen molar-refractivity contribution in [2.45, 2.75) is 54.6 Å². The van der Waals surface area contributed by atoms with E-state index in [1.54, 1.807) is 0 Å². The fraction of sp³-hybridized carbons (Fsp3) is 0.786. The van der Waals surface area contributed by atoms with Gasteiger partial charge in [0.2, 0.25) is 0 Å². The summed E-state index contributed by atoms with van der Waals surface area (Å²) in [6, 6.07) is 0. The smallest absolute Gasteiger partial charge is 0.0860 e. The summed E-state index contributed by atoms with van der Waals surface area (Å²) in [4.78, 5) is 0. The molecule has 0 aliphatic heterocycles. The van der Waals surface area contributed by atoms with Crippen LogP contribution in [0.3, 0.4) is 0 Å². The molecule has 1 atom stereocenters. The lowest BCUT2D eigenvalue weighted by atomic mass is 9.82. The molecular formula is C14H26ClN3. The van der Waals surface area contributed by atoms with E-state index < -0.39 is 0 Å². The van der Waals surface area contributed by atoms with Crippen LogP contribution in [0, 0.1) is 18.3 Å². The van der Waals surface area contributed by atoms with Gasteiger partial charge in [0.15, 0.2) is 0 Å². The number of hydrogen-bond donors (Lipinski definition) is 1. The molecule has 1 heterocycles. The minimum atomic E-state index is 0.331. The normalized spacial score (nSPS) is 13.9. The quantitative estimate of drug-likeness (QED) is 0.886. The predicted octanol–water partition coefficient (Wildman–Crippen LogP) is 3.64. The van der Waals surface area contributed by atoms with Crippen LogP contribution in [0.1, 0.15) is 46.0 Å². The van der Waals surface area contributed by atoms with E-state index in [0.29, 0.717) is 11.3 Å². The highest BCUT2D eigenvalue weighted by molar-refractivity contribution is 6.31. The van der Waals surface area contributed by atoms with Crippen LogP contribution in [0.2, 0.25) is 5.02 Å². The number of rotatable bonds is 5. The summed E-state index contributed by atoms with van der Waals surface area (Å²) in [5.41, 5.74) is 2.34. The Bertz CT molecular complexity index is 390. The largest absolute Gasteiger partial charge is 0.311 e. The summed E-state index contributed by atoms with van der Waals surface area (Å²) in [6.07, 6.45) is 0. The molecule has 104 valence electrons. The number of aromatic nitrogens is 2. The molecule has 0 spiro atoms. The third kappa shape index (κ3) is 3.72. The molecule has 0 fully saturated rings. The first-order chi connectivity index (χ1) is 8.27. The van der Waals surface area contributed by atoms with Crippen LogP contribution in [0.15, 0.2) is 0 Å². The predicted molar refractivity (Wildman–Crippen MR) is 78.0 cm³/mol. The second-order valence-electron chi connectivity index (χ2n) is 6.06. The fourth-order valence-electron chi connectivity index (χ4n) is 1.75. The molecule has 0 saturated heterocycles. The Morgan fingerprint density at radius 3 is 2.50 bits per heavy atom. The van der Waals surface area contributed by atoms with Crippen molar-refractivity contribution in [1.29, 1.82) is 0 Å². The third-order valence-electron chi connectivity index (χ3n) is 3.67. The van der Waals surface area contributed by atoms with Gasteiger partial charge >= 0.3 is 0 Å². The number of halogens is 1. The number of nitrogens with zero attached hydrogens (tertiary/aromatic N) is 2. The van der Waals surface area contributed by atoms with Gasteiger partial charge in [-0.1, -0.05) is 39.3 Å². The Hall–Kier alpha value is -0.540. The summed E-state index contributed by atoms with van der Waals surface area (Å²) in [7, 11) is 0. The highest BCUT2D eigenvalue weighted by Gasteiger charge is 2.20. The molecule has 0 radical (unpaired) electrons. The van der Waals surface area contributed by atoms with Gasteiger partial charge in [-0.15, -0.1) is 0 Å². The van der Waals surface area contributed by atoms with E-state index in [0.717, 1.165) is 36.0 Å². The molecule has 4 heteroatoms. The first-order valence-electron chi connectivity index (χ1n) is 6.69. The molecule has 18 heavy (non-hydrogen) atoms. The lowest BCUT2D eigenvalue weighted by Gasteiger charge is -2.27. The van der Waals surface area contributed by atoms with Crippen LogP contribution in [-0.4, -0.2) is 16.3 Å². The lowest BCUT2D eigenvalue weighted by molar-refractivity contribution is 0.252. The van der Waals surface area contributed by atoms with Gasteiger partial charge in [-0.2, -0.15) is 5.10 Å². The molecular weight excluding hydrogens is 246 g/mol. The Kier molecular flexibility index (Phi) is 5.23. The second-order valence-corrected chi connectivity index (χ2v) is 6.44. The van der Waals surface area contributed by atoms with Crippen LogP contribution in [0.4, 0.5) is 0 Å². The van der Waals surface area contributed by atoms with Crippen LogP contribution in [0.5, 0.6) is 0 Å². The fourth-order valence-corrected chi connectivity index (χ4v) is 1.95. The minimum Gasteiger partial charge on any atom is -0.311 e. The zero-order valence-corrected chi connectivity index (χ0v) is 13.2. The van der Waals surface area contributed by atoms with Crippen molar-refractivity contribution in [3.05, 3.63) is 16.4 Å². The average molecular weight is 272 g/mol. The standard InChI is InChI=1S/C14H26ClN3/c1-7-18-12(13(15)11(3)17-18)9-16-8-10(2)14(4,5)6/h10,16H,7-9H2,1-6H3. The van der Waals surface area contributed by atoms with E-state index in [4.69, 9.17) is 11.6 Å². The van der Waals surface area contributed by atoms with Crippen LogP contribution < -0.4 is 5.32 Å². The van der Waals surface area contributed by atoms with Crippen molar-refractivity contribution in [3.8, 4) is 0 Å². The zero-order chi connectivity index (χ0) is 13.9. The Balaban J connectivity index is 2.59. The maximum absolute atomic E-state index is 6.27. The van der Waals surface area contributed by atoms with Crippen molar-refractivity contribution in [3.63, 3.8) is 0 Å². The van der Waals surface area contributed by atoms with Gasteiger partial charge in [-0.05, 0) is 31.7 Å². The first-order valence-corrected chi connectivity index (χ1v) is 7.07. The van der Waals surface area contributed by atoms with Gasteiger partial charge in [-0.3, -0.25) is 4.68 Å². The topological polar surface area (TPSA) is 29.9 Å². The maximum Gasteiger partial charge on any atom is 0.0860 e. The van der Waals surface area contributed by atoms with E-state index in [9.17, 15) is 0 Å². The molecule has 1 unspecified atom stereocenters. The highest BCUT2D eigenvalue weighted by Crippen LogP contribution is 2.25. The summed E-state index contributed by atoms with van der Waals surface area (Å²) in [6.45, 7) is 15.8. The van der Waals surface area contributed by atoms with Crippen LogP contribution in [-0.2, 0) is 13.1 Å². The summed E-state index contributed by atoms with van der Waals surface area (Å²) >= 11 is 6.27. The van der Waals surface area contributed by atoms with Crippen LogP contribution in [0.25, 0.3) is 0 Å². The Labute approximate surface area is 116 Å². The Morgan fingerprint density at radius 1 is 1.39 bits per heavy atom. The highest BCUT2D eigenvalue weighted by atomic mass is 35.5. The van der Waals surface area contributed by atoms with Crippen molar-refractivity contribution in [1.82, 2.24) is 15.1 Å². The van der Waals surface area contributed by atoms with Gasteiger partial charge < -0.3 is 5.32 Å². The molecule has 1 aromatic heterocycles. The zero-order valence-electron chi connectivity index (χ0n) is 12.5. The van der Waals surface area contributed by atoms with Crippen molar-refractivity contribution >= 4 is 11.6 Å². The van der Waals surface area contributed by atoms with Gasteiger partial charge in [0.25, 0.3) is 0 Å². The first kappa shape index (κ1) is 15.5. The Morgan fingerprint density at radius 2 is 2.00 bits per heavy atom. The van der Waals surface area contributed by atoms with Gasteiger partial charge in [0, 0.05) is 13.1 Å². The SMILES string of the molecule is CCn1nc(C)c(Cl)c1CNCC(C)C(C)(C)C. The number of nitrogens with one attached hydrogen (secondary N) is 1. The van der Waals surface area contributed by atoms with Crippen molar-refractivity contribution in [2.24, 2.45) is 11.3 Å². The lowest BCUT2D eigenvalue weighted by Crippen LogP contribution is -2.30. The average Bonchev–Trinajstić information content (AvgIpc) is 2.55. The van der Waals surface area contributed by atoms with E-state index in [1.165, 1.54) is 0 Å². The molecule has 3 nitrogen and oxygen atoms in total. The molecule has 0 aliphatic carbocycles. The molecule has 1 rings (SSSR count). The van der Waals surface area contributed by atoms with Crippen LogP contribution >= 0.6 is 11.6 Å². The maximum atomic E-state index is 6.27. The minimum absolute atomic E-state index is 0.331. The third-order valence-corrected chi connectivity index (χ3v) is 4.17. The summed E-state index contributed by atoms with van der Waals surface area (Å²) in [5.74, 6) is 0.621. The molecule has 1 aromatic rings. The van der Waals surface area contributed by atoms with E-state index in [2.05, 4.69) is 45.0 Å². The van der Waals surface area contributed by atoms with Gasteiger partial charge in [0.1, 0.15) is 0 Å². The summed E-state index contributed by atoms with van der Waals surface area (Å²) in [5, 5.41) is 8.71. The molecule has 0 aromatic carbocycles. The number of aryl methyl sites for hydroxylation is 2. The second kappa shape index (κ2) is 6.07.